The fourth-order valence-electron chi connectivity index (χ4n) is 2.59. The molecule has 2 rings (SSSR count). The van der Waals surface area contributed by atoms with E-state index in [1.165, 1.54) is 27.8 Å². The first-order valence-electron chi connectivity index (χ1n) is 6.06. The van der Waals surface area contributed by atoms with Crippen molar-refractivity contribution >= 4 is 5.57 Å². The van der Waals surface area contributed by atoms with Crippen molar-refractivity contribution in [2.45, 2.75) is 33.6 Å². The Bertz CT molecular complexity index is 503. The minimum atomic E-state index is 0.366. The van der Waals surface area contributed by atoms with Crippen molar-refractivity contribution in [3.05, 3.63) is 46.5 Å². The van der Waals surface area contributed by atoms with Crippen LogP contribution in [0.15, 0.2) is 29.9 Å². The van der Waals surface area contributed by atoms with Crippen molar-refractivity contribution in [2.75, 3.05) is 7.11 Å². The van der Waals surface area contributed by atoms with Gasteiger partial charge < -0.3 is 4.74 Å². The molecule has 0 aliphatic heterocycles. The maximum Gasteiger partial charge on any atom is 0.126 e. The molecule has 0 heterocycles. The predicted octanol–water partition coefficient (Wildman–Crippen LogP) is 4.47. The Kier molecular flexibility index (Phi) is 3.10. The predicted molar refractivity (Wildman–Crippen MR) is 73.6 cm³/mol. The molecule has 0 radical (unpaired) electrons. The van der Waals surface area contributed by atoms with E-state index in [0.29, 0.717) is 5.92 Å². The van der Waals surface area contributed by atoms with Gasteiger partial charge in [0, 0.05) is 11.5 Å². The third-order valence-corrected chi connectivity index (χ3v) is 3.30. The Hall–Kier alpha value is -1.50. The Morgan fingerprint density at radius 3 is 2.53 bits per heavy atom. The largest absolute Gasteiger partial charge is 0.496 e. The molecule has 0 N–H and O–H groups in total. The van der Waals surface area contributed by atoms with Crippen LogP contribution in [0.5, 0.6) is 5.75 Å². The molecule has 0 bridgehead atoms. The number of allylic oxidation sites excluding steroid dienone is 4. The molecular formula is C16H20O. The second-order valence-electron chi connectivity index (χ2n) is 5.00. The molecule has 90 valence electrons. The maximum atomic E-state index is 5.59. The summed E-state index contributed by atoms with van der Waals surface area (Å²) in [6, 6.07) is 4.34. The Morgan fingerprint density at radius 1 is 1.24 bits per heavy atom. The van der Waals surface area contributed by atoms with Gasteiger partial charge in [-0.1, -0.05) is 29.9 Å². The number of rotatable bonds is 2. The quantitative estimate of drug-likeness (QED) is 0.678. The van der Waals surface area contributed by atoms with Gasteiger partial charge in [0.25, 0.3) is 0 Å². The van der Waals surface area contributed by atoms with Crippen LogP contribution < -0.4 is 4.74 Å². The van der Waals surface area contributed by atoms with Gasteiger partial charge in [0.15, 0.2) is 0 Å². The van der Waals surface area contributed by atoms with Crippen molar-refractivity contribution in [2.24, 2.45) is 0 Å². The lowest BCUT2D eigenvalue weighted by Crippen LogP contribution is -1.98. The number of ether oxygens (including phenoxy) is 1. The molecule has 0 saturated carbocycles. The summed E-state index contributed by atoms with van der Waals surface area (Å²) in [5.41, 5.74) is 6.55. The first-order chi connectivity index (χ1) is 8.04. The summed E-state index contributed by atoms with van der Waals surface area (Å²) in [5, 5.41) is 0. The lowest BCUT2D eigenvalue weighted by atomic mass is 9.95. The van der Waals surface area contributed by atoms with Gasteiger partial charge >= 0.3 is 0 Å². The van der Waals surface area contributed by atoms with Crippen LogP contribution in [0.3, 0.4) is 0 Å². The van der Waals surface area contributed by atoms with Crippen LogP contribution in [-0.4, -0.2) is 7.11 Å². The normalized spacial score (nSPS) is 17.5. The van der Waals surface area contributed by atoms with Crippen LogP contribution in [0, 0.1) is 6.92 Å². The van der Waals surface area contributed by atoms with E-state index in [9.17, 15) is 0 Å². The van der Waals surface area contributed by atoms with Gasteiger partial charge in [0.1, 0.15) is 5.75 Å². The summed E-state index contributed by atoms with van der Waals surface area (Å²) in [4.78, 5) is 0. The van der Waals surface area contributed by atoms with Gasteiger partial charge in [-0.05, 0) is 44.4 Å². The third-order valence-electron chi connectivity index (χ3n) is 3.30. The highest BCUT2D eigenvalue weighted by atomic mass is 16.5. The summed E-state index contributed by atoms with van der Waals surface area (Å²) in [5.74, 6) is 1.41. The van der Waals surface area contributed by atoms with E-state index in [1.54, 1.807) is 7.11 Å². The van der Waals surface area contributed by atoms with E-state index in [4.69, 9.17) is 4.74 Å². The number of aryl methyl sites for hydroxylation is 1. The molecule has 0 unspecified atom stereocenters. The monoisotopic (exact) mass is 228 g/mol. The number of hydrogen-bond acceptors (Lipinski definition) is 1. The van der Waals surface area contributed by atoms with Gasteiger partial charge in [0.05, 0.1) is 7.11 Å². The third kappa shape index (κ3) is 2.02. The second-order valence-corrected chi connectivity index (χ2v) is 5.00. The van der Waals surface area contributed by atoms with E-state index in [2.05, 4.69) is 52.0 Å². The van der Waals surface area contributed by atoms with E-state index in [-0.39, 0.29) is 0 Å². The summed E-state index contributed by atoms with van der Waals surface area (Å²) in [7, 11) is 1.76. The highest BCUT2D eigenvalue weighted by Gasteiger charge is 2.24. The van der Waals surface area contributed by atoms with Crippen LogP contribution in [0.4, 0.5) is 0 Å². The number of benzene rings is 1. The molecule has 1 aromatic rings. The average Bonchev–Trinajstić information content (AvgIpc) is 2.55. The first-order valence-corrected chi connectivity index (χ1v) is 6.06. The molecule has 1 atom stereocenters. The molecule has 1 heteroatoms. The topological polar surface area (TPSA) is 9.23 Å². The van der Waals surface area contributed by atoms with Crippen molar-refractivity contribution in [1.29, 1.82) is 0 Å². The SMILES string of the molecule is COc1c(C)ccc2c1[C@H](C=C(C)C)C=C2C. The van der Waals surface area contributed by atoms with E-state index in [0.717, 1.165) is 5.75 Å². The molecule has 0 saturated heterocycles. The highest BCUT2D eigenvalue weighted by Crippen LogP contribution is 2.43. The van der Waals surface area contributed by atoms with E-state index >= 15 is 0 Å². The molecule has 0 aromatic heterocycles. The molecule has 1 nitrogen and oxygen atoms in total. The van der Waals surface area contributed by atoms with E-state index in [1.807, 2.05) is 0 Å². The molecule has 1 aliphatic rings. The minimum Gasteiger partial charge on any atom is -0.496 e. The van der Waals surface area contributed by atoms with Gasteiger partial charge in [-0.15, -0.1) is 0 Å². The second kappa shape index (κ2) is 4.40. The van der Waals surface area contributed by atoms with Gasteiger partial charge in [-0.3, -0.25) is 0 Å². The molecule has 0 amide bonds. The smallest absolute Gasteiger partial charge is 0.126 e. The highest BCUT2D eigenvalue weighted by molar-refractivity contribution is 5.77. The number of hydrogen-bond donors (Lipinski definition) is 0. The fraction of sp³-hybridized carbons (Fsp3) is 0.375. The molecule has 0 fully saturated rings. The maximum absolute atomic E-state index is 5.59. The van der Waals surface area contributed by atoms with Gasteiger partial charge in [0.2, 0.25) is 0 Å². The average molecular weight is 228 g/mol. The van der Waals surface area contributed by atoms with Crippen molar-refractivity contribution < 1.29 is 4.74 Å². The Balaban J connectivity index is 2.62. The van der Waals surface area contributed by atoms with Crippen LogP contribution in [0.2, 0.25) is 0 Å². The van der Waals surface area contributed by atoms with Crippen molar-refractivity contribution in [1.82, 2.24) is 0 Å². The Morgan fingerprint density at radius 2 is 1.94 bits per heavy atom. The molecule has 0 spiro atoms. The van der Waals surface area contributed by atoms with Gasteiger partial charge in [-0.2, -0.15) is 0 Å². The van der Waals surface area contributed by atoms with E-state index < -0.39 is 0 Å². The van der Waals surface area contributed by atoms with Crippen molar-refractivity contribution in [3.63, 3.8) is 0 Å². The zero-order valence-electron chi connectivity index (χ0n) is 11.3. The fourth-order valence-corrected chi connectivity index (χ4v) is 2.59. The van der Waals surface area contributed by atoms with Crippen molar-refractivity contribution in [3.8, 4) is 5.75 Å². The first kappa shape index (κ1) is 12.0. The van der Waals surface area contributed by atoms with Crippen LogP contribution in [-0.2, 0) is 0 Å². The zero-order valence-corrected chi connectivity index (χ0v) is 11.3. The van der Waals surface area contributed by atoms with Crippen LogP contribution in [0.1, 0.15) is 43.4 Å². The molecule has 17 heavy (non-hydrogen) atoms. The zero-order chi connectivity index (χ0) is 12.6. The lowest BCUT2D eigenvalue weighted by molar-refractivity contribution is 0.406. The van der Waals surface area contributed by atoms with Gasteiger partial charge in [-0.25, -0.2) is 0 Å². The Labute approximate surface area is 104 Å². The molecule has 1 aliphatic carbocycles. The summed E-state index contributed by atoms with van der Waals surface area (Å²) >= 11 is 0. The number of methoxy groups -OCH3 is 1. The van der Waals surface area contributed by atoms with Crippen LogP contribution >= 0.6 is 0 Å². The minimum absolute atomic E-state index is 0.366. The standard InChI is InChI=1S/C16H20O/c1-10(2)8-13-9-12(4)14-7-6-11(3)16(17-5)15(13)14/h6-9,13H,1-5H3/t13-/m1/s1. The summed E-state index contributed by atoms with van der Waals surface area (Å²) < 4.78 is 5.59. The van der Waals surface area contributed by atoms with Crippen LogP contribution in [0.25, 0.3) is 5.57 Å². The molecule has 1 aromatic carbocycles. The molecular weight excluding hydrogens is 208 g/mol. The lowest BCUT2D eigenvalue weighted by Gasteiger charge is -2.15. The summed E-state index contributed by atoms with van der Waals surface area (Å²) in [6.07, 6.45) is 4.62. The summed E-state index contributed by atoms with van der Waals surface area (Å²) in [6.45, 7) is 8.56. The number of fused-ring (bicyclic) bond motifs is 1.